The van der Waals surface area contributed by atoms with E-state index >= 15 is 0 Å². The van der Waals surface area contributed by atoms with Crippen LogP contribution in [-0.4, -0.2) is 57.5 Å². The number of benzene rings is 2. The van der Waals surface area contributed by atoms with Gasteiger partial charge >= 0.3 is 0 Å². The topological polar surface area (TPSA) is 86.1 Å². The molecule has 0 saturated carbocycles. The van der Waals surface area contributed by atoms with Gasteiger partial charge in [0.15, 0.2) is 0 Å². The smallest absolute Gasteiger partial charge is 0.224 e. The van der Waals surface area contributed by atoms with Crippen LogP contribution in [0.3, 0.4) is 0 Å². The fourth-order valence-electron chi connectivity index (χ4n) is 4.55. The van der Waals surface area contributed by atoms with Crippen molar-refractivity contribution in [2.75, 3.05) is 46.6 Å². The second-order valence-electron chi connectivity index (χ2n) is 8.27. The van der Waals surface area contributed by atoms with Gasteiger partial charge in [-0.25, -0.2) is 5.01 Å². The van der Waals surface area contributed by atoms with E-state index in [1.54, 1.807) is 12.1 Å². The average Bonchev–Trinajstić information content (AvgIpc) is 2.80. The molecular formula is C24H31N3O4. The van der Waals surface area contributed by atoms with E-state index in [0.29, 0.717) is 32.9 Å². The van der Waals surface area contributed by atoms with Crippen molar-refractivity contribution >= 4 is 5.91 Å². The van der Waals surface area contributed by atoms with Gasteiger partial charge in [-0.3, -0.25) is 10.6 Å². The van der Waals surface area contributed by atoms with E-state index in [-0.39, 0.29) is 11.8 Å². The van der Waals surface area contributed by atoms with Crippen LogP contribution in [0.1, 0.15) is 24.0 Å². The Morgan fingerprint density at radius 1 is 1.16 bits per heavy atom. The van der Waals surface area contributed by atoms with Gasteiger partial charge in [-0.1, -0.05) is 36.4 Å². The monoisotopic (exact) mass is 425 g/mol. The van der Waals surface area contributed by atoms with E-state index in [2.05, 4.69) is 17.4 Å². The maximum atomic E-state index is 13.0. The Labute approximate surface area is 183 Å². The molecule has 2 heterocycles. The van der Waals surface area contributed by atoms with Crippen LogP contribution in [0.25, 0.3) is 0 Å². The zero-order valence-corrected chi connectivity index (χ0v) is 18.0. The molecule has 2 aliphatic rings. The highest BCUT2D eigenvalue weighted by molar-refractivity contribution is 5.79. The van der Waals surface area contributed by atoms with Crippen LogP contribution in [0.2, 0.25) is 0 Å². The number of carbonyl (C=O) groups excluding carboxylic acids is 1. The van der Waals surface area contributed by atoms with Gasteiger partial charge in [-0.15, -0.1) is 0 Å². The first-order chi connectivity index (χ1) is 15.1. The summed E-state index contributed by atoms with van der Waals surface area (Å²) in [5, 5.41) is 4.95. The van der Waals surface area contributed by atoms with Gasteiger partial charge in [-0.05, 0) is 25.0 Å². The van der Waals surface area contributed by atoms with Gasteiger partial charge in [0.1, 0.15) is 11.5 Å². The molecular weight excluding hydrogens is 394 g/mol. The lowest BCUT2D eigenvalue weighted by atomic mass is 9.72. The number of nitrogens with one attached hydrogen (secondary N) is 1. The Balaban J connectivity index is 1.64. The third-order valence-corrected chi connectivity index (χ3v) is 6.19. The third-order valence-electron chi connectivity index (χ3n) is 6.19. The Morgan fingerprint density at radius 2 is 1.84 bits per heavy atom. The molecule has 0 bridgehead atoms. The summed E-state index contributed by atoms with van der Waals surface area (Å²) in [6.07, 6.45) is 1.78. The molecule has 3 N–H and O–H groups in total. The molecule has 31 heavy (non-hydrogen) atoms. The van der Waals surface area contributed by atoms with E-state index in [1.165, 1.54) is 0 Å². The molecule has 0 radical (unpaired) electrons. The largest absolute Gasteiger partial charge is 0.457 e. The molecule has 1 saturated heterocycles. The van der Waals surface area contributed by atoms with E-state index in [9.17, 15) is 4.79 Å². The first kappa shape index (κ1) is 21.8. The summed E-state index contributed by atoms with van der Waals surface area (Å²) >= 11 is 0. The third kappa shape index (κ3) is 4.60. The van der Waals surface area contributed by atoms with Crippen molar-refractivity contribution in [2.24, 2.45) is 11.8 Å². The number of carbonyl (C=O) groups is 1. The second kappa shape index (κ2) is 9.78. The van der Waals surface area contributed by atoms with Gasteiger partial charge in [0, 0.05) is 37.9 Å². The number of amides is 1. The molecule has 0 aliphatic carbocycles. The van der Waals surface area contributed by atoms with E-state index in [0.717, 1.165) is 42.0 Å². The van der Waals surface area contributed by atoms with Crippen molar-refractivity contribution in [3.05, 3.63) is 59.7 Å². The number of methoxy groups -OCH3 is 1. The highest BCUT2D eigenvalue weighted by Crippen LogP contribution is 2.48. The summed E-state index contributed by atoms with van der Waals surface area (Å²) < 4.78 is 17.4. The van der Waals surface area contributed by atoms with Gasteiger partial charge in [-0.2, -0.15) is 0 Å². The van der Waals surface area contributed by atoms with Gasteiger partial charge in [0.25, 0.3) is 0 Å². The van der Waals surface area contributed by atoms with Gasteiger partial charge < -0.3 is 19.5 Å². The number of ether oxygens (including phenoxy) is 3. The molecule has 0 aromatic heterocycles. The summed E-state index contributed by atoms with van der Waals surface area (Å²) in [5.41, 5.74) is 1.46. The standard InChI is InChI=1S/C24H31N3O4/c1-29-13-14-30-17-24(16-26-23(28)18-7-6-12-27(25)15-18)19-8-2-4-10-21(19)31-22-11-5-3-9-20(22)24/h2-5,8-11,18H,6-7,12-17,25H2,1H3,(H,26,28). The molecule has 0 spiro atoms. The molecule has 2 aromatic rings. The fraction of sp³-hybridized carbons (Fsp3) is 0.458. The number of para-hydroxylation sites is 2. The minimum absolute atomic E-state index is 0.0351. The normalized spacial score (nSPS) is 19.7. The quantitative estimate of drug-likeness (QED) is 0.499. The summed E-state index contributed by atoms with van der Waals surface area (Å²) in [6.45, 7) is 3.22. The SMILES string of the molecule is COCCOCC1(CNC(=O)C2CCCN(N)C2)c2ccccc2Oc2ccccc21. The van der Waals surface area contributed by atoms with Crippen LogP contribution in [0.15, 0.2) is 48.5 Å². The molecule has 7 nitrogen and oxygen atoms in total. The minimum Gasteiger partial charge on any atom is -0.457 e. The van der Waals surface area contributed by atoms with E-state index in [4.69, 9.17) is 20.1 Å². The lowest BCUT2D eigenvalue weighted by Gasteiger charge is -2.40. The van der Waals surface area contributed by atoms with Crippen LogP contribution < -0.4 is 15.9 Å². The molecule has 1 amide bonds. The average molecular weight is 426 g/mol. The Morgan fingerprint density at radius 3 is 2.48 bits per heavy atom. The summed E-state index contributed by atoms with van der Waals surface area (Å²) in [7, 11) is 1.66. The van der Waals surface area contributed by atoms with Gasteiger partial charge in [0.2, 0.25) is 5.91 Å². The number of nitrogens with zero attached hydrogens (tertiary/aromatic N) is 1. The molecule has 166 valence electrons. The number of hydrogen-bond acceptors (Lipinski definition) is 6. The van der Waals surface area contributed by atoms with Crippen LogP contribution >= 0.6 is 0 Å². The highest BCUT2D eigenvalue weighted by atomic mass is 16.5. The number of hydrogen-bond donors (Lipinski definition) is 2. The van der Waals surface area contributed by atoms with Crippen LogP contribution in [-0.2, 0) is 19.7 Å². The maximum absolute atomic E-state index is 13.0. The van der Waals surface area contributed by atoms with Crippen molar-refractivity contribution in [3.8, 4) is 11.5 Å². The van der Waals surface area contributed by atoms with Crippen molar-refractivity contribution in [1.82, 2.24) is 10.3 Å². The molecule has 7 heteroatoms. The molecule has 1 unspecified atom stereocenters. The Kier molecular flexibility index (Phi) is 6.87. The minimum atomic E-state index is -0.564. The Bertz CT molecular complexity index is 858. The lowest BCUT2D eigenvalue weighted by molar-refractivity contribution is -0.127. The first-order valence-electron chi connectivity index (χ1n) is 10.8. The van der Waals surface area contributed by atoms with Crippen molar-refractivity contribution < 1.29 is 19.0 Å². The fourth-order valence-corrected chi connectivity index (χ4v) is 4.55. The number of piperidine rings is 1. The summed E-state index contributed by atoms with van der Waals surface area (Å²) in [4.78, 5) is 13.0. The summed E-state index contributed by atoms with van der Waals surface area (Å²) in [6, 6.07) is 15.9. The number of rotatable bonds is 8. The maximum Gasteiger partial charge on any atom is 0.224 e. The summed E-state index contributed by atoms with van der Waals surface area (Å²) in [5.74, 6) is 7.46. The van der Waals surface area contributed by atoms with Crippen molar-refractivity contribution in [1.29, 1.82) is 0 Å². The lowest BCUT2D eigenvalue weighted by Crippen LogP contribution is -2.51. The van der Waals surface area contributed by atoms with E-state index in [1.807, 2.05) is 36.4 Å². The predicted molar refractivity (Wildman–Crippen MR) is 118 cm³/mol. The zero-order chi connectivity index (χ0) is 21.7. The predicted octanol–water partition coefficient (Wildman–Crippen LogP) is 2.44. The molecule has 4 rings (SSSR count). The first-order valence-corrected chi connectivity index (χ1v) is 10.8. The van der Waals surface area contributed by atoms with Crippen molar-refractivity contribution in [2.45, 2.75) is 18.3 Å². The number of fused-ring (bicyclic) bond motifs is 2. The number of nitrogens with two attached hydrogens (primary N) is 1. The Hall–Kier alpha value is -2.45. The molecule has 2 aromatic carbocycles. The highest BCUT2D eigenvalue weighted by Gasteiger charge is 2.43. The van der Waals surface area contributed by atoms with Crippen LogP contribution in [0, 0.1) is 5.92 Å². The zero-order valence-electron chi connectivity index (χ0n) is 18.0. The van der Waals surface area contributed by atoms with Crippen LogP contribution in [0.4, 0.5) is 0 Å². The van der Waals surface area contributed by atoms with Crippen molar-refractivity contribution in [3.63, 3.8) is 0 Å². The molecule has 2 aliphatic heterocycles. The second-order valence-corrected chi connectivity index (χ2v) is 8.27. The van der Waals surface area contributed by atoms with Crippen LogP contribution in [0.5, 0.6) is 11.5 Å². The number of hydrazine groups is 1. The molecule has 1 fully saturated rings. The molecule has 1 atom stereocenters. The van der Waals surface area contributed by atoms with Gasteiger partial charge in [0.05, 0.1) is 31.2 Å². The van der Waals surface area contributed by atoms with E-state index < -0.39 is 5.41 Å².